The number of hydrogen-bond acceptors (Lipinski definition) is 8. The van der Waals surface area contributed by atoms with E-state index in [1.807, 2.05) is 79.9 Å². The summed E-state index contributed by atoms with van der Waals surface area (Å²) < 4.78 is 7.28. The monoisotopic (exact) mass is 549 g/mol. The third-order valence-electron chi connectivity index (χ3n) is 6.61. The van der Waals surface area contributed by atoms with Crippen LogP contribution in [0, 0.1) is 6.92 Å². The number of thioether (sulfide) groups is 1. The van der Waals surface area contributed by atoms with E-state index < -0.39 is 5.63 Å². The molecule has 3 aromatic carbocycles. The Morgan fingerprint density at radius 1 is 0.974 bits per heavy atom. The largest absolute Gasteiger partial charge is 0.422 e. The molecule has 0 saturated carbocycles. The Bertz CT molecular complexity index is 2170. The van der Waals surface area contributed by atoms with E-state index in [1.54, 1.807) is 10.1 Å². The Labute approximate surface area is 229 Å². The number of aromatic amines is 1. The molecule has 0 radical (unpaired) electrons. The SMILES string of the molecule is CSc1nc2c(-c3nc(-c4cc5c(ccc6ccccc65)oc4=O)cs3)nn(-c3ccc(C)cc3)c2c(=O)[nH]1. The van der Waals surface area contributed by atoms with E-state index in [0.29, 0.717) is 43.7 Å². The highest BCUT2D eigenvalue weighted by Crippen LogP contribution is 2.34. The summed E-state index contributed by atoms with van der Waals surface area (Å²) in [6, 6.07) is 21.3. The van der Waals surface area contributed by atoms with E-state index in [2.05, 4.69) is 9.97 Å². The molecule has 4 heterocycles. The highest BCUT2D eigenvalue weighted by Gasteiger charge is 2.22. The Kier molecular flexibility index (Phi) is 5.46. The molecule has 0 aliphatic carbocycles. The second-order valence-corrected chi connectivity index (χ2v) is 10.7. The van der Waals surface area contributed by atoms with Crippen molar-refractivity contribution >= 4 is 55.9 Å². The molecule has 0 amide bonds. The second-order valence-electron chi connectivity index (χ2n) is 9.05. The van der Waals surface area contributed by atoms with Crippen LogP contribution in [0.5, 0.6) is 0 Å². The van der Waals surface area contributed by atoms with Crippen molar-refractivity contribution in [2.75, 3.05) is 6.26 Å². The fourth-order valence-electron chi connectivity index (χ4n) is 4.68. The van der Waals surface area contributed by atoms with E-state index in [9.17, 15) is 9.59 Å². The molecular formula is C29H19N5O3S2. The number of thiazole rings is 1. The van der Waals surface area contributed by atoms with Gasteiger partial charge in [-0.1, -0.05) is 59.8 Å². The van der Waals surface area contributed by atoms with Crippen LogP contribution in [0.3, 0.4) is 0 Å². The van der Waals surface area contributed by atoms with Gasteiger partial charge in [0, 0.05) is 10.8 Å². The third-order valence-corrected chi connectivity index (χ3v) is 8.03. The summed E-state index contributed by atoms with van der Waals surface area (Å²) in [6.45, 7) is 2.00. The predicted octanol–water partition coefficient (Wildman–Crippen LogP) is 6.19. The van der Waals surface area contributed by atoms with Crippen LogP contribution < -0.4 is 11.2 Å². The topological polar surface area (TPSA) is 107 Å². The first-order valence-corrected chi connectivity index (χ1v) is 14.2. The molecule has 1 N–H and O–H groups in total. The summed E-state index contributed by atoms with van der Waals surface area (Å²) in [6.07, 6.45) is 1.85. The van der Waals surface area contributed by atoms with Gasteiger partial charge in [-0.2, -0.15) is 5.10 Å². The average molecular weight is 550 g/mol. The van der Waals surface area contributed by atoms with Crippen LogP contribution in [-0.2, 0) is 0 Å². The van der Waals surface area contributed by atoms with Gasteiger partial charge in [0.05, 0.1) is 16.9 Å². The lowest BCUT2D eigenvalue weighted by molar-refractivity contribution is 0.563. The van der Waals surface area contributed by atoms with Gasteiger partial charge in [0.15, 0.2) is 10.7 Å². The Morgan fingerprint density at radius 2 is 1.79 bits per heavy atom. The van der Waals surface area contributed by atoms with Gasteiger partial charge in [0.1, 0.15) is 21.8 Å². The zero-order valence-electron chi connectivity index (χ0n) is 20.8. The standard InChI is InChI=1S/C29H19N5O3S2/c1-15-7-10-17(11-8-15)34-25-23(31-29(38-2)32-26(25)35)24(33-34)27-30-21(14-39-27)20-13-19-18-6-4-3-5-16(18)9-12-22(19)37-28(20)36/h3-14H,1-2H3,(H,31,32,35). The van der Waals surface area contributed by atoms with E-state index >= 15 is 0 Å². The fourth-order valence-corrected chi connectivity index (χ4v) is 5.86. The summed E-state index contributed by atoms with van der Waals surface area (Å²) in [7, 11) is 0. The number of aromatic nitrogens is 5. The van der Waals surface area contributed by atoms with Crippen molar-refractivity contribution < 1.29 is 4.42 Å². The summed E-state index contributed by atoms with van der Waals surface area (Å²) >= 11 is 2.67. The van der Waals surface area contributed by atoms with E-state index in [1.165, 1.54) is 23.1 Å². The van der Waals surface area contributed by atoms with Crippen molar-refractivity contribution in [2.24, 2.45) is 0 Å². The molecule has 190 valence electrons. The van der Waals surface area contributed by atoms with Gasteiger partial charge in [0.2, 0.25) is 0 Å². The minimum absolute atomic E-state index is 0.289. The minimum atomic E-state index is -0.469. The lowest BCUT2D eigenvalue weighted by atomic mass is 10.0. The Balaban J connectivity index is 1.42. The van der Waals surface area contributed by atoms with Crippen LogP contribution in [0.1, 0.15) is 5.56 Å². The predicted molar refractivity (Wildman–Crippen MR) is 156 cm³/mol. The molecule has 0 aliphatic heterocycles. The van der Waals surface area contributed by atoms with E-state index in [-0.39, 0.29) is 5.56 Å². The molecule has 8 nitrogen and oxygen atoms in total. The van der Waals surface area contributed by atoms with Gasteiger partial charge in [-0.25, -0.2) is 19.4 Å². The summed E-state index contributed by atoms with van der Waals surface area (Å²) in [5.74, 6) is 0. The zero-order chi connectivity index (χ0) is 26.7. The van der Waals surface area contributed by atoms with Gasteiger partial charge >= 0.3 is 5.63 Å². The van der Waals surface area contributed by atoms with Gasteiger partial charge < -0.3 is 4.42 Å². The number of nitrogens with zero attached hydrogens (tertiary/aromatic N) is 4. The van der Waals surface area contributed by atoms with Crippen molar-refractivity contribution in [3.8, 4) is 27.6 Å². The van der Waals surface area contributed by atoms with Gasteiger partial charge in [-0.15, -0.1) is 11.3 Å². The van der Waals surface area contributed by atoms with Gasteiger partial charge in [0.25, 0.3) is 5.56 Å². The Morgan fingerprint density at radius 3 is 2.62 bits per heavy atom. The molecular weight excluding hydrogens is 530 g/mol. The molecule has 0 fully saturated rings. The number of nitrogens with one attached hydrogen (secondary N) is 1. The normalized spacial score (nSPS) is 11.6. The third kappa shape index (κ3) is 3.87. The maximum atomic E-state index is 13.1. The zero-order valence-corrected chi connectivity index (χ0v) is 22.4. The lowest BCUT2D eigenvalue weighted by Gasteiger charge is -2.04. The smallest absolute Gasteiger partial charge is 0.345 e. The van der Waals surface area contributed by atoms with Crippen LogP contribution >= 0.6 is 23.1 Å². The van der Waals surface area contributed by atoms with Crippen LogP contribution in [0.25, 0.3) is 60.4 Å². The molecule has 0 saturated heterocycles. The molecule has 7 rings (SSSR count). The van der Waals surface area contributed by atoms with Crippen molar-refractivity contribution in [2.45, 2.75) is 12.1 Å². The highest BCUT2D eigenvalue weighted by molar-refractivity contribution is 7.98. The molecule has 0 spiro atoms. The quantitative estimate of drug-likeness (QED) is 0.121. The first-order chi connectivity index (χ1) is 19.0. The molecule has 39 heavy (non-hydrogen) atoms. The first-order valence-electron chi connectivity index (χ1n) is 12.1. The van der Waals surface area contributed by atoms with Crippen molar-refractivity contribution in [1.82, 2.24) is 24.7 Å². The number of aryl methyl sites for hydroxylation is 1. The molecule has 0 atom stereocenters. The molecule has 0 aliphatic rings. The summed E-state index contributed by atoms with van der Waals surface area (Å²) in [4.78, 5) is 38.4. The lowest BCUT2D eigenvalue weighted by Crippen LogP contribution is -2.12. The number of rotatable bonds is 4. The molecule has 4 aromatic heterocycles. The van der Waals surface area contributed by atoms with Crippen molar-refractivity contribution in [1.29, 1.82) is 0 Å². The number of benzene rings is 3. The molecule has 7 aromatic rings. The van der Waals surface area contributed by atoms with Crippen molar-refractivity contribution in [3.05, 3.63) is 98.4 Å². The van der Waals surface area contributed by atoms with Crippen LogP contribution in [0.4, 0.5) is 0 Å². The van der Waals surface area contributed by atoms with Crippen LogP contribution in [0.15, 0.2) is 91.3 Å². The maximum Gasteiger partial charge on any atom is 0.345 e. The first kappa shape index (κ1) is 23.6. The molecule has 0 bridgehead atoms. The molecule has 0 unspecified atom stereocenters. The number of H-pyrrole nitrogens is 1. The minimum Gasteiger partial charge on any atom is -0.422 e. The summed E-state index contributed by atoms with van der Waals surface area (Å²) in [5.41, 5.74) is 3.68. The van der Waals surface area contributed by atoms with Crippen LogP contribution in [-0.4, -0.2) is 31.0 Å². The molecule has 10 heteroatoms. The number of hydrogen-bond donors (Lipinski definition) is 1. The summed E-state index contributed by atoms with van der Waals surface area (Å²) in [5, 5.41) is 10.5. The van der Waals surface area contributed by atoms with Crippen LogP contribution in [0.2, 0.25) is 0 Å². The van der Waals surface area contributed by atoms with Crippen molar-refractivity contribution in [3.63, 3.8) is 0 Å². The highest BCUT2D eigenvalue weighted by atomic mass is 32.2. The second kappa shape index (κ2) is 9.04. The maximum absolute atomic E-state index is 13.1. The van der Waals surface area contributed by atoms with E-state index in [4.69, 9.17) is 14.5 Å². The fraction of sp³-hybridized carbons (Fsp3) is 0.0690. The van der Waals surface area contributed by atoms with Gasteiger partial charge in [-0.05, 0) is 48.2 Å². The average Bonchev–Trinajstić information content (AvgIpc) is 3.58. The van der Waals surface area contributed by atoms with E-state index in [0.717, 1.165) is 27.4 Å². The number of fused-ring (bicyclic) bond motifs is 4. The Hall–Kier alpha value is -4.54. The van der Waals surface area contributed by atoms with Gasteiger partial charge in [-0.3, -0.25) is 9.78 Å².